The second kappa shape index (κ2) is 6.34. The van der Waals surface area contributed by atoms with E-state index in [0.717, 1.165) is 22.4 Å². The number of rotatable bonds is 4. The van der Waals surface area contributed by atoms with Crippen LogP contribution in [-0.4, -0.2) is 40.8 Å². The fourth-order valence-electron chi connectivity index (χ4n) is 3.10. The van der Waals surface area contributed by atoms with Gasteiger partial charge in [-0.15, -0.1) is 5.10 Å². The summed E-state index contributed by atoms with van der Waals surface area (Å²) in [4.78, 5) is 0.388. The molecule has 2 heterocycles. The van der Waals surface area contributed by atoms with Crippen LogP contribution in [0.3, 0.4) is 0 Å². The summed E-state index contributed by atoms with van der Waals surface area (Å²) in [5, 5.41) is 8.39. The Morgan fingerprint density at radius 3 is 2.50 bits per heavy atom. The third kappa shape index (κ3) is 2.93. The molecule has 0 aliphatic carbocycles. The maximum absolute atomic E-state index is 12.9. The van der Waals surface area contributed by atoms with E-state index in [9.17, 15) is 8.42 Å². The molecule has 1 aromatic heterocycles. The predicted octanol–water partition coefficient (Wildman–Crippen LogP) is 2.81. The first kappa shape index (κ1) is 16.9. The van der Waals surface area contributed by atoms with E-state index in [0.29, 0.717) is 18.0 Å². The number of nitrogens with zero attached hydrogens (tertiary/aromatic N) is 4. The molecule has 134 valence electrons. The lowest BCUT2D eigenvalue weighted by Gasteiger charge is -2.37. The van der Waals surface area contributed by atoms with Crippen LogP contribution in [0.1, 0.15) is 17.2 Å². The van der Waals surface area contributed by atoms with Crippen molar-refractivity contribution in [2.45, 2.75) is 24.8 Å². The Kier molecular flexibility index (Phi) is 4.13. The van der Waals surface area contributed by atoms with Crippen LogP contribution < -0.4 is 0 Å². The van der Waals surface area contributed by atoms with Crippen molar-refractivity contribution in [3.63, 3.8) is 0 Å². The molecule has 0 saturated carbocycles. The van der Waals surface area contributed by atoms with E-state index in [-0.39, 0.29) is 6.04 Å². The van der Waals surface area contributed by atoms with Crippen molar-refractivity contribution in [3.05, 3.63) is 65.9 Å². The van der Waals surface area contributed by atoms with Crippen LogP contribution in [0.4, 0.5) is 0 Å². The maximum Gasteiger partial charge on any atom is 0.243 e. The van der Waals surface area contributed by atoms with Gasteiger partial charge in [0.25, 0.3) is 0 Å². The number of aromatic nitrogens is 3. The molecule has 26 heavy (non-hydrogen) atoms. The number of benzene rings is 2. The first-order valence-electron chi connectivity index (χ1n) is 8.50. The second-order valence-corrected chi connectivity index (χ2v) is 8.60. The number of hydrogen-bond acceptors (Lipinski definition) is 4. The van der Waals surface area contributed by atoms with Crippen molar-refractivity contribution in [1.82, 2.24) is 19.3 Å². The highest BCUT2D eigenvalue weighted by Gasteiger charge is 2.39. The topological polar surface area (TPSA) is 68.1 Å². The molecule has 1 aliphatic heterocycles. The van der Waals surface area contributed by atoms with Gasteiger partial charge in [0, 0.05) is 18.7 Å². The summed E-state index contributed by atoms with van der Waals surface area (Å²) in [6, 6.07) is 15.3. The quantitative estimate of drug-likeness (QED) is 0.710. The van der Waals surface area contributed by atoms with Gasteiger partial charge in [-0.3, -0.25) is 0 Å². The predicted molar refractivity (Wildman–Crippen MR) is 99.2 cm³/mol. The van der Waals surface area contributed by atoms with Crippen LogP contribution >= 0.6 is 0 Å². The summed E-state index contributed by atoms with van der Waals surface area (Å²) in [6.07, 6.45) is 1.88. The van der Waals surface area contributed by atoms with E-state index in [2.05, 4.69) is 10.3 Å². The van der Waals surface area contributed by atoms with Gasteiger partial charge in [-0.25, -0.2) is 13.1 Å². The lowest BCUT2D eigenvalue weighted by Crippen LogP contribution is -2.50. The molecule has 0 unspecified atom stereocenters. The number of sulfonamides is 1. The van der Waals surface area contributed by atoms with Gasteiger partial charge in [0.15, 0.2) is 0 Å². The molecule has 1 aliphatic rings. The molecule has 0 atom stereocenters. The molecule has 0 N–H and O–H groups in total. The first-order chi connectivity index (χ1) is 12.4. The van der Waals surface area contributed by atoms with E-state index in [1.165, 1.54) is 4.31 Å². The Morgan fingerprint density at radius 2 is 1.77 bits per heavy atom. The summed E-state index contributed by atoms with van der Waals surface area (Å²) in [5.41, 5.74) is 3.50. The van der Waals surface area contributed by atoms with Gasteiger partial charge < -0.3 is 0 Å². The standard InChI is InChI=1S/C19H20N4O2S/c1-14-8-9-15(2)19(10-14)26(24,25)22-11-17(12-22)23-13-18(20-21-23)16-6-4-3-5-7-16/h3-10,13,17H,11-12H2,1-2H3. The van der Waals surface area contributed by atoms with E-state index < -0.39 is 10.0 Å². The summed E-state index contributed by atoms with van der Waals surface area (Å²) in [6.45, 7) is 4.55. The van der Waals surface area contributed by atoms with Gasteiger partial charge in [-0.1, -0.05) is 47.7 Å². The van der Waals surface area contributed by atoms with Crippen molar-refractivity contribution in [2.24, 2.45) is 0 Å². The summed E-state index contributed by atoms with van der Waals surface area (Å²) in [7, 11) is -3.47. The number of hydrogen-bond donors (Lipinski definition) is 0. The van der Waals surface area contributed by atoms with Crippen LogP contribution in [-0.2, 0) is 10.0 Å². The lowest BCUT2D eigenvalue weighted by molar-refractivity contribution is 0.189. The van der Waals surface area contributed by atoms with E-state index in [1.807, 2.05) is 62.5 Å². The molecule has 4 rings (SSSR count). The maximum atomic E-state index is 12.9. The van der Waals surface area contributed by atoms with Crippen molar-refractivity contribution >= 4 is 10.0 Å². The lowest BCUT2D eigenvalue weighted by atomic mass is 10.1. The average Bonchev–Trinajstić information content (AvgIpc) is 3.06. The third-order valence-corrected chi connectivity index (χ3v) is 6.72. The second-order valence-electron chi connectivity index (χ2n) is 6.69. The fourth-order valence-corrected chi connectivity index (χ4v) is 4.93. The molecule has 6 nitrogen and oxygen atoms in total. The normalized spacial score (nSPS) is 15.8. The molecule has 0 amide bonds. The van der Waals surface area contributed by atoms with Gasteiger partial charge in [0.2, 0.25) is 10.0 Å². The van der Waals surface area contributed by atoms with Crippen LogP contribution in [0.2, 0.25) is 0 Å². The van der Waals surface area contributed by atoms with Gasteiger partial charge in [0.1, 0.15) is 5.69 Å². The molecule has 7 heteroatoms. The molecular weight excluding hydrogens is 348 g/mol. The zero-order chi connectivity index (χ0) is 18.3. The summed E-state index contributed by atoms with van der Waals surface area (Å²) >= 11 is 0. The molecule has 1 saturated heterocycles. The molecule has 2 aromatic carbocycles. The minimum Gasteiger partial charge on any atom is -0.246 e. The Morgan fingerprint density at radius 1 is 1.04 bits per heavy atom. The van der Waals surface area contributed by atoms with E-state index in [4.69, 9.17) is 0 Å². The fraction of sp³-hybridized carbons (Fsp3) is 0.263. The minimum atomic E-state index is -3.47. The third-order valence-electron chi connectivity index (χ3n) is 4.74. The zero-order valence-corrected chi connectivity index (χ0v) is 15.5. The molecule has 0 spiro atoms. The zero-order valence-electron chi connectivity index (χ0n) is 14.7. The molecular formula is C19H20N4O2S. The Balaban J connectivity index is 1.50. The number of aryl methyl sites for hydroxylation is 2. The Hall–Kier alpha value is -2.51. The van der Waals surface area contributed by atoms with E-state index >= 15 is 0 Å². The van der Waals surface area contributed by atoms with Crippen molar-refractivity contribution < 1.29 is 8.42 Å². The first-order valence-corrected chi connectivity index (χ1v) is 9.94. The van der Waals surface area contributed by atoms with Crippen molar-refractivity contribution in [1.29, 1.82) is 0 Å². The van der Waals surface area contributed by atoms with E-state index in [1.54, 1.807) is 10.7 Å². The highest BCUT2D eigenvalue weighted by molar-refractivity contribution is 7.89. The molecule has 1 fully saturated rings. The van der Waals surface area contributed by atoms with Gasteiger partial charge >= 0.3 is 0 Å². The van der Waals surface area contributed by atoms with Gasteiger partial charge in [0.05, 0.1) is 17.1 Å². The average molecular weight is 368 g/mol. The molecule has 0 bridgehead atoms. The molecule has 3 aromatic rings. The minimum absolute atomic E-state index is 0.0138. The molecule has 0 radical (unpaired) electrons. The van der Waals surface area contributed by atoms with Crippen LogP contribution in [0.5, 0.6) is 0 Å². The van der Waals surface area contributed by atoms with Crippen LogP contribution in [0, 0.1) is 13.8 Å². The van der Waals surface area contributed by atoms with Crippen molar-refractivity contribution in [3.8, 4) is 11.3 Å². The largest absolute Gasteiger partial charge is 0.246 e. The Bertz CT molecular complexity index is 1040. The Labute approximate surface area is 153 Å². The monoisotopic (exact) mass is 368 g/mol. The van der Waals surface area contributed by atoms with Crippen LogP contribution in [0.15, 0.2) is 59.6 Å². The van der Waals surface area contributed by atoms with Crippen molar-refractivity contribution in [2.75, 3.05) is 13.1 Å². The summed E-state index contributed by atoms with van der Waals surface area (Å²) < 4.78 is 29.0. The van der Waals surface area contributed by atoms with Gasteiger partial charge in [-0.05, 0) is 31.0 Å². The summed E-state index contributed by atoms with van der Waals surface area (Å²) in [5.74, 6) is 0. The van der Waals surface area contributed by atoms with Crippen LogP contribution in [0.25, 0.3) is 11.3 Å². The smallest absolute Gasteiger partial charge is 0.243 e. The SMILES string of the molecule is Cc1ccc(C)c(S(=O)(=O)N2CC(n3cc(-c4ccccc4)nn3)C2)c1. The highest BCUT2D eigenvalue weighted by Crippen LogP contribution is 2.30. The van der Waals surface area contributed by atoms with Gasteiger partial charge in [-0.2, -0.15) is 4.31 Å². The highest BCUT2D eigenvalue weighted by atomic mass is 32.2.